The number of nitrogens with two attached hydrogens (primary N) is 1. The van der Waals surface area contributed by atoms with Gasteiger partial charge in [0, 0.05) is 5.69 Å². The van der Waals surface area contributed by atoms with Gasteiger partial charge in [-0.25, -0.2) is 4.79 Å². The third kappa shape index (κ3) is 3.39. The molecule has 0 aliphatic rings. The van der Waals surface area contributed by atoms with E-state index in [-0.39, 0.29) is 12.0 Å². The van der Waals surface area contributed by atoms with Crippen LogP contribution in [0.5, 0.6) is 5.75 Å². The molecule has 0 aromatic heterocycles. The van der Waals surface area contributed by atoms with Crippen LogP contribution in [0.4, 0.5) is 5.69 Å². The van der Waals surface area contributed by atoms with Crippen molar-refractivity contribution in [2.24, 2.45) is 5.92 Å². The van der Waals surface area contributed by atoms with Gasteiger partial charge >= 0.3 is 5.97 Å². The van der Waals surface area contributed by atoms with E-state index in [0.29, 0.717) is 23.6 Å². The first kappa shape index (κ1) is 14.4. The Morgan fingerprint density at radius 2 is 2.00 bits per heavy atom. The van der Waals surface area contributed by atoms with Gasteiger partial charge in [0.15, 0.2) is 0 Å². The Bertz CT molecular complexity index is 416. The van der Waals surface area contributed by atoms with Gasteiger partial charge in [-0.05, 0) is 31.9 Å². The third-order valence-corrected chi connectivity index (χ3v) is 2.79. The van der Waals surface area contributed by atoms with Gasteiger partial charge in [0.2, 0.25) is 0 Å². The lowest BCUT2D eigenvalue weighted by molar-refractivity contribution is 0.0235. The van der Waals surface area contributed by atoms with Crippen LogP contribution in [0.1, 0.15) is 38.1 Å². The summed E-state index contributed by atoms with van der Waals surface area (Å²) in [4.78, 5) is 12.1. The second-order valence-electron chi connectivity index (χ2n) is 4.51. The average Bonchev–Trinajstić information content (AvgIpc) is 2.29. The highest BCUT2D eigenvalue weighted by Crippen LogP contribution is 2.26. The summed E-state index contributed by atoms with van der Waals surface area (Å²) < 4.78 is 10.8. The largest absolute Gasteiger partial charge is 0.493 e. The molecule has 0 fully saturated rings. The molecule has 2 N–H and O–H groups in total. The van der Waals surface area contributed by atoms with Crippen LogP contribution < -0.4 is 10.5 Å². The Hall–Kier alpha value is -1.71. The van der Waals surface area contributed by atoms with Gasteiger partial charge < -0.3 is 15.2 Å². The molecule has 1 atom stereocenters. The Morgan fingerprint density at radius 1 is 1.33 bits per heavy atom. The monoisotopic (exact) mass is 251 g/mol. The molecule has 0 bridgehead atoms. The van der Waals surface area contributed by atoms with E-state index in [4.69, 9.17) is 15.2 Å². The zero-order chi connectivity index (χ0) is 13.7. The molecule has 1 aromatic carbocycles. The van der Waals surface area contributed by atoms with Gasteiger partial charge in [0.1, 0.15) is 17.4 Å². The summed E-state index contributed by atoms with van der Waals surface area (Å²) in [6, 6.07) is 5.14. The maximum atomic E-state index is 12.1. The van der Waals surface area contributed by atoms with Crippen molar-refractivity contribution >= 4 is 11.7 Å². The van der Waals surface area contributed by atoms with Crippen LogP contribution in [0.25, 0.3) is 0 Å². The summed E-state index contributed by atoms with van der Waals surface area (Å²) in [6.45, 7) is 8.19. The first-order valence-electron chi connectivity index (χ1n) is 6.19. The van der Waals surface area contributed by atoms with Crippen LogP contribution in [0.15, 0.2) is 18.2 Å². The highest BCUT2D eigenvalue weighted by Gasteiger charge is 2.21. The Balaban J connectivity index is 2.97. The predicted octanol–water partition coefficient (Wildman–Crippen LogP) is 2.87. The fraction of sp³-hybridized carbons (Fsp3) is 0.500. The van der Waals surface area contributed by atoms with E-state index < -0.39 is 5.97 Å². The van der Waals surface area contributed by atoms with Crippen molar-refractivity contribution in [3.05, 3.63) is 23.8 Å². The molecule has 0 saturated heterocycles. The molecule has 4 nitrogen and oxygen atoms in total. The van der Waals surface area contributed by atoms with Crippen LogP contribution in [-0.4, -0.2) is 18.7 Å². The molecule has 0 radical (unpaired) electrons. The van der Waals surface area contributed by atoms with E-state index in [2.05, 4.69) is 0 Å². The van der Waals surface area contributed by atoms with E-state index in [1.807, 2.05) is 27.7 Å². The maximum Gasteiger partial charge on any atom is 0.344 e. The van der Waals surface area contributed by atoms with Gasteiger partial charge in [-0.3, -0.25) is 0 Å². The molecule has 1 rings (SSSR count). The zero-order valence-electron chi connectivity index (χ0n) is 11.4. The summed E-state index contributed by atoms with van der Waals surface area (Å²) in [5.41, 5.74) is 6.51. The number of anilines is 1. The van der Waals surface area contributed by atoms with Crippen molar-refractivity contribution in [1.82, 2.24) is 0 Å². The second-order valence-corrected chi connectivity index (χ2v) is 4.51. The van der Waals surface area contributed by atoms with Crippen LogP contribution >= 0.6 is 0 Å². The molecule has 0 spiro atoms. The maximum absolute atomic E-state index is 12.1. The second kappa shape index (κ2) is 6.28. The summed E-state index contributed by atoms with van der Waals surface area (Å²) in [5.74, 6) is 0.297. The fourth-order valence-corrected chi connectivity index (χ4v) is 1.41. The minimum Gasteiger partial charge on any atom is -0.493 e. The third-order valence-electron chi connectivity index (χ3n) is 2.79. The normalized spacial score (nSPS) is 12.3. The topological polar surface area (TPSA) is 61.5 Å². The number of hydrogen-bond acceptors (Lipinski definition) is 4. The fourth-order valence-electron chi connectivity index (χ4n) is 1.41. The Labute approximate surface area is 108 Å². The number of hydrogen-bond donors (Lipinski definition) is 1. The van der Waals surface area contributed by atoms with Gasteiger partial charge in [0.05, 0.1) is 6.61 Å². The SMILES string of the molecule is CCOc1cccc(N)c1C(=O)OC(C)C(C)C. The smallest absolute Gasteiger partial charge is 0.344 e. The molecule has 1 unspecified atom stereocenters. The Kier molecular flexibility index (Phi) is 5.01. The van der Waals surface area contributed by atoms with E-state index in [1.54, 1.807) is 18.2 Å². The van der Waals surface area contributed by atoms with Gasteiger partial charge in [0.25, 0.3) is 0 Å². The number of carbonyl (C=O) groups is 1. The van der Waals surface area contributed by atoms with Crippen LogP contribution in [0.2, 0.25) is 0 Å². The van der Waals surface area contributed by atoms with Gasteiger partial charge in [-0.2, -0.15) is 0 Å². The lowest BCUT2D eigenvalue weighted by Crippen LogP contribution is -2.21. The average molecular weight is 251 g/mol. The first-order chi connectivity index (χ1) is 8.47. The molecular weight excluding hydrogens is 230 g/mol. The summed E-state index contributed by atoms with van der Waals surface area (Å²) in [7, 11) is 0. The van der Waals surface area contributed by atoms with E-state index in [1.165, 1.54) is 0 Å². The zero-order valence-corrected chi connectivity index (χ0v) is 11.4. The molecule has 0 amide bonds. The summed E-state index contributed by atoms with van der Waals surface area (Å²) in [6.07, 6.45) is -0.161. The highest BCUT2D eigenvalue weighted by atomic mass is 16.5. The van der Waals surface area contributed by atoms with Crippen LogP contribution in [-0.2, 0) is 4.74 Å². The van der Waals surface area contributed by atoms with Crippen molar-refractivity contribution in [2.75, 3.05) is 12.3 Å². The lowest BCUT2D eigenvalue weighted by Gasteiger charge is -2.18. The number of benzene rings is 1. The lowest BCUT2D eigenvalue weighted by atomic mass is 10.1. The molecule has 18 heavy (non-hydrogen) atoms. The summed E-state index contributed by atoms with van der Waals surface area (Å²) >= 11 is 0. The summed E-state index contributed by atoms with van der Waals surface area (Å²) in [5, 5.41) is 0. The predicted molar refractivity (Wildman–Crippen MR) is 71.7 cm³/mol. The molecule has 1 aromatic rings. The molecular formula is C14H21NO3. The van der Waals surface area contributed by atoms with Crippen molar-refractivity contribution in [3.63, 3.8) is 0 Å². The van der Waals surface area contributed by atoms with Crippen molar-refractivity contribution in [2.45, 2.75) is 33.8 Å². The number of esters is 1. The molecule has 0 heterocycles. The molecule has 0 saturated carbocycles. The van der Waals surface area contributed by atoms with Gasteiger partial charge in [-0.1, -0.05) is 19.9 Å². The van der Waals surface area contributed by atoms with Crippen molar-refractivity contribution in [1.29, 1.82) is 0 Å². The van der Waals surface area contributed by atoms with Crippen LogP contribution in [0, 0.1) is 5.92 Å². The van der Waals surface area contributed by atoms with E-state index in [0.717, 1.165) is 0 Å². The van der Waals surface area contributed by atoms with Crippen molar-refractivity contribution < 1.29 is 14.3 Å². The molecule has 4 heteroatoms. The van der Waals surface area contributed by atoms with E-state index in [9.17, 15) is 4.79 Å². The molecule has 100 valence electrons. The minimum absolute atomic E-state index is 0.161. The van der Waals surface area contributed by atoms with Crippen LogP contribution in [0.3, 0.4) is 0 Å². The van der Waals surface area contributed by atoms with E-state index >= 15 is 0 Å². The number of ether oxygens (including phenoxy) is 2. The molecule has 0 aliphatic heterocycles. The highest BCUT2D eigenvalue weighted by molar-refractivity contribution is 5.98. The number of nitrogen functional groups attached to an aromatic ring is 1. The quantitative estimate of drug-likeness (QED) is 0.645. The first-order valence-corrected chi connectivity index (χ1v) is 6.19. The number of carbonyl (C=O) groups excluding carboxylic acids is 1. The van der Waals surface area contributed by atoms with Crippen molar-refractivity contribution in [3.8, 4) is 5.75 Å². The van der Waals surface area contributed by atoms with Gasteiger partial charge in [-0.15, -0.1) is 0 Å². The minimum atomic E-state index is -0.433. The molecule has 0 aliphatic carbocycles. The number of rotatable bonds is 5. The standard InChI is InChI=1S/C14H21NO3/c1-5-17-12-8-6-7-11(15)13(12)14(16)18-10(4)9(2)3/h6-10H,5,15H2,1-4H3. The Morgan fingerprint density at radius 3 is 2.56 bits per heavy atom.